The smallest absolute Gasteiger partial charge is 0.191 e. The maximum absolute atomic E-state index is 4.54. The molecule has 6 heteroatoms. The first-order valence-corrected chi connectivity index (χ1v) is 12.3. The van der Waals surface area contributed by atoms with Gasteiger partial charge in [-0.3, -0.25) is 14.8 Å². The summed E-state index contributed by atoms with van der Waals surface area (Å²) in [5.41, 5.74) is 0.346. The predicted octanol–water partition coefficient (Wildman–Crippen LogP) is 2.37. The van der Waals surface area contributed by atoms with Gasteiger partial charge >= 0.3 is 0 Å². The molecule has 0 aromatic heterocycles. The van der Waals surface area contributed by atoms with Gasteiger partial charge in [0, 0.05) is 57.9 Å². The molecule has 1 aliphatic carbocycles. The Hall–Kier alpha value is -0.850. The molecule has 168 valence electrons. The van der Waals surface area contributed by atoms with Gasteiger partial charge in [0.2, 0.25) is 0 Å². The van der Waals surface area contributed by atoms with E-state index in [4.69, 9.17) is 0 Å². The third-order valence-electron chi connectivity index (χ3n) is 7.66. The lowest BCUT2D eigenvalue weighted by atomic mass is 9.79. The van der Waals surface area contributed by atoms with Crippen molar-refractivity contribution in [3.05, 3.63) is 0 Å². The van der Waals surface area contributed by atoms with Crippen LogP contribution >= 0.6 is 0 Å². The quantitative estimate of drug-likeness (QED) is 0.502. The molecular formula is C23H46N6. The number of hydrogen-bond acceptors (Lipinski definition) is 4. The van der Waals surface area contributed by atoms with E-state index < -0.39 is 0 Å². The van der Waals surface area contributed by atoms with Gasteiger partial charge in [0.15, 0.2) is 5.96 Å². The van der Waals surface area contributed by atoms with Crippen molar-refractivity contribution in [2.45, 2.75) is 76.8 Å². The van der Waals surface area contributed by atoms with Crippen molar-refractivity contribution in [3.63, 3.8) is 0 Å². The van der Waals surface area contributed by atoms with Crippen molar-refractivity contribution in [3.8, 4) is 0 Å². The lowest BCUT2D eigenvalue weighted by Gasteiger charge is -2.48. The van der Waals surface area contributed by atoms with E-state index in [1.54, 1.807) is 0 Å². The van der Waals surface area contributed by atoms with Crippen molar-refractivity contribution in [2.24, 2.45) is 4.99 Å². The summed E-state index contributed by atoms with van der Waals surface area (Å²) in [5, 5.41) is 7.34. The van der Waals surface area contributed by atoms with E-state index >= 15 is 0 Å². The molecule has 3 aliphatic rings. The average Bonchev–Trinajstić information content (AvgIpc) is 2.80. The number of rotatable bonds is 7. The predicted molar refractivity (Wildman–Crippen MR) is 124 cm³/mol. The number of likely N-dealkylation sites (N-methyl/N-ethyl adjacent to an activating group) is 1. The van der Waals surface area contributed by atoms with E-state index in [0.717, 1.165) is 19.0 Å². The van der Waals surface area contributed by atoms with Crippen LogP contribution < -0.4 is 10.6 Å². The van der Waals surface area contributed by atoms with Crippen LogP contribution in [0.25, 0.3) is 0 Å². The Kier molecular flexibility index (Phi) is 9.07. The van der Waals surface area contributed by atoms with Crippen LogP contribution in [0.3, 0.4) is 0 Å². The third-order valence-corrected chi connectivity index (χ3v) is 7.66. The average molecular weight is 407 g/mol. The molecule has 1 unspecified atom stereocenters. The fourth-order valence-corrected chi connectivity index (χ4v) is 5.55. The molecule has 0 spiro atoms. The molecule has 0 amide bonds. The molecule has 1 atom stereocenters. The maximum atomic E-state index is 4.54. The van der Waals surface area contributed by atoms with Crippen LogP contribution in [0.15, 0.2) is 4.99 Å². The second-order valence-electron chi connectivity index (χ2n) is 9.46. The molecule has 1 saturated carbocycles. The lowest BCUT2D eigenvalue weighted by molar-refractivity contribution is 0.0368. The second kappa shape index (κ2) is 11.5. The first-order chi connectivity index (χ1) is 14.2. The number of guanidine groups is 1. The number of aliphatic imine (C=N–C) groups is 1. The van der Waals surface area contributed by atoms with Crippen molar-refractivity contribution in [1.82, 2.24) is 25.3 Å². The third kappa shape index (κ3) is 6.31. The normalized spacial score (nSPS) is 26.2. The van der Waals surface area contributed by atoms with Crippen LogP contribution in [0.2, 0.25) is 0 Å². The largest absolute Gasteiger partial charge is 0.355 e. The van der Waals surface area contributed by atoms with Crippen LogP contribution in [0.1, 0.15) is 65.2 Å². The van der Waals surface area contributed by atoms with Crippen molar-refractivity contribution in [1.29, 1.82) is 0 Å². The highest BCUT2D eigenvalue weighted by atomic mass is 15.3. The minimum atomic E-state index is 0.346. The monoisotopic (exact) mass is 406 g/mol. The SMILES string of the molecule is CCN1CCN(C(C)CNC(=NC)NCC2(N3CCCCC3)CCCCC2)CC1. The molecule has 3 fully saturated rings. The van der Waals surface area contributed by atoms with Crippen LogP contribution in [0.4, 0.5) is 0 Å². The maximum Gasteiger partial charge on any atom is 0.191 e. The Morgan fingerprint density at radius 2 is 1.55 bits per heavy atom. The molecule has 0 bridgehead atoms. The summed E-state index contributed by atoms with van der Waals surface area (Å²) in [5.74, 6) is 0.978. The molecular weight excluding hydrogens is 360 g/mol. The number of hydrogen-bond donors (Lipinski definition) is 2. The van der Waals surface area contributed by atoms with Crippen molar-refractivity contribution >= 4 is 5.96 Å². The first-order valence-electron chi connectivity index (χ1n) is 12.3. The topological polar surface area (TPSA) is 46.1 Å². The second-order valence-corrected chi connectivity index (χ2v) is 9.46. The van der Waals surface area contributed by atoms with Gasteiger partial charge in [-0.25, -0.2) is 0 Å². The molecule has 3 rings (SSSR count). The fourth-order valence-electron chi connectivity index (χ4n) is 5.55. The minimum Gasteiger partial charge on any atom is -0.355 e. The Bertz CT molecular complexity index is 488. The Labute approximate surface area is 179 Å². The Morgan fingerprint density at radius 3 is 2.17 bits per heavy atom. The van der Waals surface area contributed by atoms with Crippen molar-refractivity contribution < 1.29 is 0 Å². The van der Waals surface area contributed by atoms with Gasteiger partial charge in [-0.15, -0.1) is 0 Å². The zero-order chi connectivity index (χ0) is 20.5. The van der Waals surface area contributed by atoms with E-state index in [0.29, 0.717) is 11.6 Å². The number of likely N-dealkylation sites (tertiary alicyclic amines) is 1. The summed E-state index contributed by atoms with van der Waals surface area (Å²) in [4.78, 5) is 12.5. The molecule has 0 aromatic carbocycles. The molecule has 2 aliphatic heterocycles. The van der Waals surface area contributed by atoms with E-state index in [-0.39, 0.29) is 0 Å². The fraction of sp³-hybridized carbons (Fsp3) is 0.957. The van der Waals surface area contributed by atoms with Gasteiger partial charge in [0.05, 0.1) is 0 Å². The molecule has 6 nitrogen and oxygen atoms in total. The van der Waals surface area contributed by atoms with Gasteiger partial charge in [-0.05, 0) is 52.2 Å². The summed E-state index contributed by atoms with van der Waals surface area (Å²) in [6, 6.07) is 0.540. The Morgan fingerprint density at radius 1 is 0.897 bits per heavy atom. The van der Waals surface area contributed by atoms with E-state index in [9.17, 15) is 0 Å². The van der Waals surface area contributed by atoms with Crippen LogP contribution in [0, 0.1) is 0 Å². The first kappa shape index (κ1) is 22.8. The highest BCUT2D eigenvalue weighted by Crippen LogP contribution is 2.35. The van der Waals surface area contributed by atoms with Crippen LogP contribution in [-0.4, -0.2) is 98.2 Å². The summed E-state index contributed by atoms with van der Waals surface area (Å²) in [7, 11) is 1.91. The van der Waals surface area contributed by atoms with Crippen molar-refractivity contribution in [2.75, 3.05) is 66.0 Å². The van der Waals surface area contributed by atoms with E-state index in [1.165, 1.54) is 97.2 Å². The number of piperazine rings is 1. The highest BCUT2D eigenvalue weighted by molar-refractivity contribution is 5.79. The minimum absolute atomic E-state index is 0.346. The number of piperidine rings is 1. The zero-order valence-electron chi connectivity index (χ0n) is 19.4. The molecule has 2 N–H and O–H groups in total. The van der Waals surface area contributed by atoms with Gasteiger partial charge in [-0.1, -0.05) is 32.6 Å². The highest BCUT2D eigenvalue weighted by Gasteiger charge is 2.38. The summed E-state index contributed by atoms with van der Waals surface area (Å²) in [6.07, 6.45) is 11.0. The number of nitrogens with zero attached hydrogens (tertiary/aromatic N) is 4. The standard InChI is InChI=1S/C23H46N6/c1-4-27-15-17-28(18-16-27)21(2)19-25-22(24-3)26-20-23(11-7-5-8-12-23)29-13-9-6-10-14-29/h21H,4-20H2,1-3H3,(H2,24,25,26). The molecule has 2 saturated heterocycles. The lowest BCUT2D eigenvalue weighted by Crippen LogP contribution is -2.59. The molecule has 0 radical (unpaired) electrons. The molecule has 29 heavy (non-hydrogen) atoms. The summed E-state index contributed by atoms with van der Waals surface area (Å²) >= 11 is 0. The van der Waals surface area contributed by atoms with Gasteiger partial charge in [0.1, 0.15) is 0 Å². The van der Waals surface area contributed by atoms with E-state index in [1.807, 2.05) is 7.05 Å². The van der Waals surface area contributed by atoms with Gasteiger partial charge < -0.3 is 15.5 Å². The summed E-state index contributed by atoms with van der Waals surface area (Å²) < 4.78 is 0. The van der Waals surface area contributed by atoms with Crippen LogP contribution in [-0.2, 0) is 0 Å². The zero-order valence-corrected chi connectivity index (χ0v) is 19.4. The Balaban J connectivity index is 1.47. The van der Waals surface area contributed by atoms with Crippen LogP contribution in [0.5, 0.6) is 0 Å². The van der Waals surface area contributed by atoms with Gasteiger partial charge in [-0.2, -0.15) is 0 Å². The molecule has 0 aromatic rings. The molecule has 2 heterocycles. The van der Waals surface area contributed by atoms with E-state index in [2.05, 4.69) is 44.2 Å². The summed E-state index contributed by atoms with van der Waals surface area (Å²) in [6.45, 7) is 15.1. The van der Waals surface area contributed by atoms with Gasteiger partial charge in [0.25, 0.3) is 0 Å². The number of nitrogens with one attached hydrogen (secondary N) is 2.